The third-order valence-electron chi connectivity index (χ3n) is 0.611. The van der Waals surface area contributed by atoms with Crippen LogP contribution in [-0.2, 0) is 0 Å². The van der Waals surface area contributed by atoms with Crippen LogP contribution in [0.3, 0.4) is 0 Å². The van der Waals surface area contributed by atoms with Gasteiger partial charge in [0.05, 0.1) is 0 Å². The van der Waals surface area contributed by atoms with Gasteiger partial charge in [0.1, 0.15) is 0 Å². The second-order valence-electron chi connectivity index (χ2n) is 1.24. The fourth-order valence-corrected chi connectivity index (χ4v) is 5.37. The van der Waals surface area contributed by atoms with Crippen LogP contribution >= 0.6 is 0 Å². The number of hydrogen-bond donors (Lipinski definition) is 0. The van der Waals surface area contributed by atoms with Crippen LogP contribution in [0.2, 0.25) is 10.6 Å². The summed E-state index contributed by atoms with van der Waals surface area (Å²) in [6, 6.07) is 0. The molecule has 0 aliphatic heterocycles. The van der Waals surface area contributed by atoms with Gasteiger partial charge in [0, 0.05) is 0 Å². The molecule has 0 nitrogen and oxygen atoms in total. The van der Waals surface area contributed by atoms with Crippen molar-refractivity contribution in [2.24, 2.45) is 0 Å². The maximum atomic E-state index is 3.99. The van der Waals surface area contributed by atoms with Crippen LogP contribution in [0.25, 0.3) is 0 Å². The molecule has 0 amide bonds. The van der Waals surface area contributed by atoms with Crippen LogP contribution < -0.4 is 0 Å². The van der Waals surface area contributed by atoms with Crippen molar-refractivity contribution >= 4 is 29.9 Å². The summed E-state index contributed by atoms with van der Waals surface area (Å²) in [6.45, 7) is 8.46. The Balaban J connectivity index is 3.06. The fraction of sp³-hybridized carbons (Fsp3) is 0.667. The molecule has 2 heteroatoms. The van der Waals surface area contributed by atoms with Gasteiger partial charge in [-0.3, -0.25) is 0 Å². The van der Waals surface area contributed by atoms with Crippen molar-refractivity contribution in [2.45, 2.75) is 24.5 Å². The predicted molar refractivity (Wildman–Crippen MR) is 41.6 cm³/mol. The molecule has 0 aliphatic rings. The first kappa shape index (κ1) is 8.78. The summed E-state index contributed by atoms with van der Waals surface area (Å²) < 4.78 is 1.54. The second kappa shape index (κ2) is 5.91. The van der Waals surface area contributed by atoms with Crippen molar-refractivity contribution in [2.75, 3.05) is 0 Å². The molecule has 0 radical (unpaired) electrons. The van der Waals surface area contributed by atoms with Crippen molar-refractivity contribution in [1.29, 1.82) is 0 Å². The summed E-state index contributed by atoms with van der Waals surface area (Å²) in [6.07, 6.45) is 0. The predicted octanol–water partition coefficient (Wildman–Crippen LogP) is 1.74. The van der Waals surface area contributed by atoms with E-state index in [-0.39, 0.29) is 0 Å². The molecule has 8 heavy (non-hydrogen) atoms. The molecule has 0 rings (SSSR count). The fourth-order valence-electron chi connectivity index (χ4n) is 0.364. The Hall–Kier alpha value is 0.779. The molecule has 0 unspecified atom stereocenters. The van der Waals surface area contributed by atoms with Gasteiger partial charge in [0.25, 0.3) is 0 Å². The Morgan fingerprint density at radius 3 is 1.88 bits per heavy atom. The van der Waals surface area contributed by atoms with Crippen molar-refractivity contribution in [3.05, 3.63) is 9.95 Å². The molecule has 0 N–H and O–H groups in total. The monoisotopic (exact) mass is 244 g/mol. The average Bonchev–Trinajstić information content (AvgIpc) is 1.68. The normalized spacial score (nSPS) is 9.25. The molecule has 0 spiro atoms. The van der Waals surface area contributed by atoms with Crippen molar-refractivity contribution in [3.63, 3.8) is 0 Å². The molecule has 0 saturated carbocycles. The maximum absolute atomic E-state index is 3.99. The molecule has 0 aliphatic carbocycles. The van der Waals surface area contributed by atoms with Crippen LogP contribution in [-0.4, -0.2) is 29.9 Å². The molecule has 0 aromatic carbocycles. The van der Waals surface area contributed by atoms with E-state index in [9.17, 15) is 0 Å². The van der Waals surface area contributed by atoms with Gasteiger partial charge in [0.15, 0.2) is 0 Å². The Morgan fingerprint density at radius 1 is 1.25 bits per heavy atom. The molecular formula is C6H12Se2. The Kier molecular flexibility index (Phi) is 6.48. The molecule has 0 bridgehead atoms. The van der Waals surface area contributed by atoms with Crippen molar-refractivity contribution < 1.29 is 0 Å². The molecule has 0 aromatic heterocycles. The van der Waals surface area contributed by atoms with E-state index < -0.39 is 0 Å². The standard InChI is InChI=1S/C6H12Se2/c1-4-7-6(3)8-5-2/h3-5H2,1-2H3. The van der Waals surface area contributed by atoms with E-state index in [1.54, 1.807) is 0 Å². The number of hydrogen-bond acceptors (Lipinski definition) is 0. The second-order valence-corrected chi connectivity index (χ2v) is 8.25. The molecule has 0 atom stereocenters. The number of rotatable bonds is 4. The van der Waals surface area contributed by atoms with E-state index >= 15 is 0 Å². The summed E-state index contributed by atoms with van der Waals surface area (Å²) >= 11 is 1.52. The van der Waals surface area contributed by atoms with Gasteiger partial charge in [0.2, 0.25) is 0 Å². The summed E-state index contributed by atoms with van der Waals surface area (Å²) in [5.74, 6) is 0. The third-order valence-corrected chi connectivity index (χ3v) is 5.74. The third kappa shape index (κ3) is 4.93. The van der Waals surface area contributed by atoms with Crippen LogP contribution in [0.15, 0.2) is 9.95 Å². The first-order chi connectivity index (χ1) is 3.81. The molecule has 0 saturated heterocycles. The Morgan fingerprint density at radius 2 is 1.62 bits per heavy atom. The van der Waals surface area contributed by atoms with E-state index in [4.69, 9.17) is 0 Å². The molecule has 48 valence electrons. The zero-order chi connectivity index (χ0) is 6.41. The summed E-state index contributed by atoms with van der Waals surface area (Å²) in [7, 11) is 0. The summed E-state index contributed by atoms with van der Waals surface area (Å²) in [5, 5.41) is 2.65. The minimum atomic E-state index is 0.760. The first-order valence-electron chi connectivity index (χ1n) is 2.75. The van der Waals surface area contributed by atoms with Gasteiger partial charge in [-0.25, -0.2) is 0 Å². The summed E-state index contributed by atoms with van der Waals surface area (Å²) in [4.78, 5) is 0. The van der Waals surface area contributed by atoms with E-state index in [1.165, 1.54) is 14.0 Å². The van der Waals surface area contributed by atoms with Crippen LogP contribution in [0, 0.1) is 0 Å². The van der Waals surface area contributed by atoms with E-state index in [0.717, 1.165) is 29.9 Å². The van der Waals surface area contributed by atoms with Crippen molar-refractivity contribution in [1.82, 2.24) is 0 Å². The van der Waals surface area contributed by atoms with Crippen LogP contribution in [0.5, 0.6) is 0 Å². The topological polar surface area (TPSA) is 0 Å². The van der Waals surface area contributed by atoms with Crippen molar-refractivity contribution in [3.8, 4) is 0 Å². The molecule has 0 heterocycles. The van der Waals surface area contributed by atoms with Gasteiger partial charge < -0.3 is 0 Å². The van der Waals surface area contributed by atoms with Gasteiger partial charge in [-0.1, -0.05) is 0 Å². The Labute approximate surface area is 64.4 Å². The average molecular weight is 242 g/mol. The van der Waals surface area contributed by atoms with E-state index in [0.29, 0.717) is 0 Å². The van der Waals surface area contributed by atoms with E-state index in [2.05, 4.69) is 20.4 Å². The van der Waals surface area contributed by atoms with Gasteiger partial charge in [-0.15, -0.1) is 0 Å². The SMILES string of the molecule is C=C([Se]CC)[Se]CC. The summed E-state index contributed by atoms with van der Waals surface area (Å²) in [5.41, 5.74) is 0. The first-order valence-corrected chi connectivity index (χ1v) is 6.89. The van der Waals surface area contributed by atoms with Crippen LogP contribution in [0.1, 0.15) is 13.8 Å². The van der Waals surface area contributed by atoms with Crippen LogP contribution in [0.4, 0.5) is 0 Å². The van der Waals surface area contributed by atoms with Gasteiger partial charge in [-0.2, -0.15) is 0 Å². The molecule has 0 aromatic rings. The Bertz CT molecular complexity index is 60.9. The molecular weight excluding hydrogens is 230 g/mol. The zero-order valence-corrected chi connectivity index (χ0v) is 8.86. The van der Waals surface area contributed by atoms with Gasteiger partial charge in [-0.05, 0) is 0 Å². The molecule has 0 fully saturated rings. The zero-order valence-electron chi connectivity index (χ0n) is 5.44. The van der Waals surface area contributed by atoms with Gasteiger partial charge >= 0.3 is 64.3 Å². The minimum absolute atomic E-state index is 0.760. The van der Waals surface area contributed by atoms with E-state index in [1.807, 2.05) is 0 Å². The quantitative estimate of drug-likeness (QED) is 0.659.